The van der Waals surface area contributed by atoms with Crippen LogP contribution in [0.3, 0.4) is 0 Å². The molecule has 0 saturated carbocycles. The fourth-order valence-corrected chi connectivity index (χ4v) is 0.999. The third-order valence-electron chi connectivity index (χ3n) is 1.44. The first kappa shape index (κ1) is 9.50. The lowest BCUT2D eigenvalue weighted by atomic mass is 10.3. The van der Waals surface area contributed by atoms with Gasteiger partial charge in [0.2, 0.25) is 0 Å². The van der Waals surface area contributed by atoms with Gasteiger partial charge in [0.05, 0.1) is 6.61 Å². The molecule has 1 rings (SSSR count). The van der Waals surface area contributed by atoms with Crippen molar-refractivity contribution in [2.24, 2.45) is 0 Å². The minimum Gasteiger partial charge on any atom is -0.491 e. The lowest BCUT2D eigenvalue weighted by Gasteiger charge is -2.04. The summed E-state index contributed by atoms with van der Waals surface area (Å²) in [6.45, 7) is 1.23. The fraction of sp³-hybridized carbons (Fsp3) is 0.333. The van der Waals surface area contributed by atoms with Gasteiger partial charge in [0, 0.05) is 7.11 Å². The summed E-state index contributed by atoms with van der Waals surface area (Å²) >= 11 is 0. The molecule has 0 aromatic heterocycles. The Morgan fingerprint density at radius 3 is 2.42 bits per heavy atom. The largest absolute Gasteiger partial charge is 0.491 e. The maximum Gasteiger partial charge on any atom is 0.119 e. The molecule has 0 saturated heterocycles. The summed E-state index contributed by atoms with van der Waals surface area (Å²) in [7, 11) is 4.29. The quantitative estimate of drug-likeness (QED) is 0.517. The lowest BCUT2D eigenvalue weighted by Crippen LogP contribution is -2.04. The van der Waals surface area contributed by atoms with Crippen molar-refractivity contribution in [3.05, 3.63) is 24.3 Å². The Morgan fingerprint density at radius 2 is 1.83 bits per heavy atom. The summed E-state index contributed by atoms with van der Waals surface area (Å²) in [5, 5.41) is 1.16. The molecule has 0 heterocycles. The predicted molar refractivity (Wildman–Crippen MR) is 53.2 cm³/mol. The number of methoxy groups -OCH3 is 1. The van der Waals surface area contributed by atoms with Crippen molar-refractivity contribution in [1.29, 1.82) is 0 Å². The molecular formula is C9H13O2P. The van der Waals surface area contributed by atoms with Crippen LogP contribution in [0.4, 0.5) is 0 Å². The molecule has 0 aliphatic rings. The van der Waals surface area contributed by atoms with Crippen LogP contribution in [-0.4, -0.2) is 20.3 Å². The Morgan fingerprint density at radius 1 is 1.17 bits per heavy atom. The van der Waals surface area contributed by atoms with E-state index in [2.05, 4.69) is 9.24 Å². The first-order valence-corrected chi connectivity index (χ1v) is 4.38. The Balaban J connectivity index is 2.37. The van der Waals surface area contributed by atoms with E-state index in [4.69, 9.17) is 9.47 Å². The van der Waals surface area contributed by atoms with E-state index >= 15 is 0 Å². The van der Waals surface area contributed by atoms with Gasteiger partial charge >= 0.3 is 0 Å². The van der Waals surface area contributed by atoms with Crippen molar-refractivity contribution in [2.45, 2.75) is 0 Å². The first-order valence-electron chi connectivity index (χ1n) is 3.80. The summed E-state index contributed by atoms with van der Waals surface area (Å²) in [5.41, 5.74) is 0. The van der Waals surface area contributed by atoms with E-state index in [1.165, 1.54) is 0 Å². The molecule has 2 nitrogen and oxygen atoms in total. The maximum atomic E-state index is 5.37. The van der Waals surface area contributed by atoms with Gasteiger partial charge in [-0.3, -0.25) is 0 Å². The van der Waals surface area contributed by atoms with Gasteiger partial charge in [-0.05, 0) is 17.4 Å². The topological polar surface area (TPSA) is 18.5 Å². The SMILES string of the molecule is COCCOc1ccc(P)cc1. The second kappa shape index (κ2) is 5.13. The predicted octanol–water partition coefficient (Wildman–Crippen LogP) is 1.21. The molecule has 0 fully saturated rings. The number of benzene rings is 1. The second-order valence-corrected chi connectivity index (χ2v) is 3.08. The van der Waals surface area contributed by atoms with Crippen LogP contribution in [0.15, 0.2) is 24.3 Å². The van der Waals surface area contributed by atoms with E-state index in [-0.39, 0.29) is 0 Å². The van der Waals surface area contributed by atoms with E-state index in [1.807, 2.05) is 24.3 Å². The Labute approximate surface area is 75.1 Å². The molecule has 12 heavy (non-hydrogen) atoms. The lowest BCUT2D eigenvalue weighted by molar-refractivity contribution is 0.146. The molecule has 0 amide bonds. The van der Waals surface area contributed by atoms with Crippen molar-refractivity contribution in [1.82, 2.24) is 0 Å². The second-order valence-electron chi connectivity index (χ2n) is 2.41. The number of ether oxygens (including phenoxy) is 2. The summed E-state index contributed by atoms with van der Waals surface area (Å²) in [4.78, 5) is 0. The zero-order valence-corrected chi connectivity index (χ0v) is 8.27. The van der Waals surface area contributed by atoms with E-state index in [9.17, 15) is 0 Å². The van der Waals surface area contributed by atoms with Crippen molar-refractivity contribution >= 4 is 14.5 Å². The zero-order valence-electron chi connectivity index (χ0n) is 7.12. The van der Waals surface area contributed by atoms with Crippen LogP contribution in [-0.2, 0) is 4.74 Å². The zero-order chi connectivity index (χ0) is 8.81. The minimum absolute atomic E-state index is 0.604. The van der Waals surface area contributed by atoms with Gasteiger partial charge in [-0.25, -0.2) is 0 Å². The maximum absolute atomic E-state index is 5.37. The van der Waals surface area contributed by atoms with Crippen molar-refractivity contribution in [3.63, 3.8) is 0 Å². The molecular weight excluding hydrogens is 171 g/mol. The average Bonchev–Trinajstić information content (AvgIpc) is 2.09. The summed E-state index contributed by atoms with van der Waals surface area (Å²) in [6.07, 6.45) is 0. The van der Waals surface area contributed by atoms with Gasteiger partial charge in [-0.2, -0.15) is 0 Å². The fourth-order valence-electron chi connectivity index (χ4n) is 0.807. The van der Waals surface area contributed by atoms with E-state index < -0.39 is 0 Å². The summed E-state index contributed by atoms with van der Waals surface area (Å²) in [5.74, 6) is 0.887. The van der Waals surface area contributed by atoms with Crippen LogP contribution >= 0.6 is 9.24 Å². The number of rotatable bonds is 4. The number of hydrogen-bond donors (Lipinski definition) is 0. The Kier molecular flexibility index (Phi) is 4.06. The van der Waals surface area contributed by atoms with Crippen LogP contribution in [0.5, 0.6) is 5.75 Å². The van der Waals surface area contributed by atoms with Crippen LogP contribution in [0.1, 0.15) is 0 Å². The highest BCUT2D eigenvalue weighted by Gasteiger charge is 1.91. The smallest absolute Gasteiger partial charge is 0.119 e. The van der Waals surface area contributed by atoms with Gasteiger partial charge in [-0.15, -0.1) is 9.24 Å². The van der Waals surface area contributed by atoms with E-state index in [0.717, 1.165) is 11.1 Å². The first-order chi connectivity index (χ1) is 5.83. The van der Waals surface area contributed by atoms with Crippen LogP contribution in [0.2, 0.25) is 0 Å². The summed E-state index contributed by atoms with van der Waals surface area (Å²) in [6, 6.07) is 7.87. The van der Waals surface area contributed by atoms with Gasteiger partial charge in [0.15, 0.2) is 0 Å². The standard InChI is InChI=1S/C9H13O2P/c1-10-6-7-11-8-2-4-9(12)5-3-8/h2-5H,6-7,12H2,1H3. The molecule has 1 atom stereocenters. The minimum atomic E-state index is 0.604. The molecule has 66 valence electrons. The van der Waals surface area contributed by atoms with Gasteiger partial charge in [0.1, 0.15) is 12.4 Å². The van der Waals surface area contributed by atoms with E-state index in [0.29, 0.717) is 13.2 Å². The van der Waals surface area contributed by atoms with Crippen LogP contribution in [0, 0.1) is 0 Å². The molecule has 1 aromatic rings. The monoisotopic (exact) mass is 184 g/mol. The van der Waals surface area contributed by atoms with Gasteiger partial charge < -0.3 is 9.47 Å². The Hall–Kier alpha value is -0.590. The van der Waals surface area contributed by atoms with Crippen molar-refractivity contribution < 1.29 is 9.47 Å². The van der Waals surface area contributed by atoms with E-state index in [1.54, 1.807) is 7.11 Å². The average molecular weight is 184 g/mol. The van der Waals surface area contributed by atoms with Gasteiger partial charge in [-0.1, -0.05) is 12.1 Å². The van der Waals surface area contributed by atoms with Crippen LogP contribution < -0.4 is 10.0 Å². The normalized spacial score (nSPS) is 9.83. The molecule has 1 aromatic carbocycles. The molecule has 0 radical (unpaired) electrons. The molecule has 1 unspecified atom stereocenters. The molecule has 0 bridgehead atoms. The highest BCUT2D eigenvalue weighted by molar-refractivity contribution is 7.27. The molecule has 0 spiro atoms. The molecule has 3 heteroatoms. The Bertz CT molecular complexity index is 220. The summed E-state index contributed by atoms with van der Waals surface area (Å²) < 4.78 is 10.2. The van der Waals surface area contributed by atoms with Crippen LogP contribution in [0.25, 0.3) is 0 Å². The number of hydrogen-bond acceptors (Lipinski definition) is 2. The van der Waals surface area contributed by atoms with Crippen molar-refractivity contribution in [3.8, 4) is 5.75 Å². The third kappa shape index (κ3) is 3.21. The molecule has 0 aliphatic heterocycles. The highest BCUT2D eigenvalue weighted by atomic mass is 31.0. The highest BCUT2D eigenvalue weighted by Crippen LogP contribution is 2.07. The van der Waals surface area contributed by atoms with Gasteiger partial charge in [0.25, 0.3) is 0 Å². The third-order valence-corrected chi connectivity index (χ3v) is 1.82. The molecule has 0 N–H and O–H groups in total. The van der Waals surface area contributed by atoms with Crippen molar-refractivity contribution in [2.75, 3.05) is 20.3 Å². The molecule has 0 aliphatic carbocycles.